The van der Waals surface area contributed by atoms with Gasteiger partial charge in [0.15, 0.2) is 0 Å². The summed E-state index contributed by atoms with van der Waals surface area (Å²) in [6.45, 7) is 2.85. The smallest absolute Gasteiger partial charge is 0.214 e. The summed E-state index contributed by atoms with van der Waals surface area (Å²) in [7, 11) is 2.11. The van der Waals surface area contributed by atoms with Crippen molar-refractivity contribution in [3.05, 3.63) is 83.9 Å². The first-order chi connectivity index (χ1) is 13.3. The van der Waals surface area contributed by atoms with E-state index in [0.29, 0.717) is 0 Å². The Morgan fingerprint density at radius 1 is 0.786 bits per heavy atom. The molecule has 0 aliphatic rings. The van der Waals surface area contributed by atoms with Crippen LogP contribution < -0.4 is 33.3 Å². The van der Waals surface area contributed by atoms with Crippen LogP contribution in [0.3, 0.4) is 0 Å². The highest BCUT2D eigenvalue weighted by Gasteiger charge is 2.15. The molecule has 0 spiro atoms. The zero-order valence-electron chi connectivity index (χ0n) is 16.1. The number of para-hydroxylation sites is 2. The van der Waals surface area contributed by atoms with Gasteiger partial charge >= 0.3 is 0 Å². The van der Waals surface area contributed by atoms with Gasteiger partial charge in [0, 0.05) is 17.7 Å². The van der Waals surface area contributed by atoms with E-state index in [4.69, 9.17) is 4.74 Å². The summed E-state index contributed by atoms with van der Waals surface area (Å²) in [6, 6.07) is 24.9. The lowest BCUT2D eigenvalue weighted by Crippen LogP contribution is -3.00. The second-order valence-corrected chi connectivity index (χ2v) is 6.59. The maximum atomic E-state index is 5.65. The van der Waals surface area contributed by atoms with Crippen molar-refractivity contribution in [2.24, 2.45) is 7.05 Å². The van der Waals surface area contributed by atoms with Crippen molar-refractivity contribution in [3.63, 3.8) is 0 Å². The molecule has 0 unspecified atom stereocenters. The number of halogens is 1. The molecule has 3 aromatic carbocycles. The minimum absolute atomic E-state index is 0. The number of fused-ring (bicyclic) bond motifs is 2. The lowest BCUT2D eigenvalue weighted by molar-refractivity contribution is -0.617. The number of hydrogen-bond donors (Lipinski definition) is 0. The molecule has 0 fully saturated rings. The molecule has 0 radical (unpaired) electrons. The van der Waals surface area contributed by atoms with Crippen LogP contribution in [0.5, 0.6) is 5.75 Å². The molecule has 1 aromatic heterocycles. The standard InChI is InChI=1S/C25H22NO.HI/c1-3-18-27-20-15-12-19(13-16-20)14-17-21-22-8-4-6-10-24(22)26(2)25-11-7-5-9-23(21)25;/h4-13,15-16H,3,18H2,1-2H3;1H/q+1;/p-1. The average molecular weight is 479 g/mol. The summed E-state index contributed by atoms with van der Waals surface area (Å²) in [5.74, 6) is 7.66. The highest BCUT2D eigenvalue weighted by Crippen LogP contribution is 2.23. The summed E-state index contributed by atoms with van der Waals surface area (Å²) in [5, 5.41) is 2.35. The zero-order chi connectivity index (χ0) is 18.6. The number of aromatic nitrogens is 1. The van der Waals surface area contributed by atoms with Gasteiger partial charge in [0.25, 0.3) is 0 Å². The number of hydrogen-bond acceptors (Lipinski definition) is 1. The molecule has 0 bridgehead atoms. The molecule has 4 aromatic rings. The minimum Gasteiger partial charge on any atom is -1.00 e. The fourth-order valence-corrected chi connectivity index (χ4v) is 3.35. The van der Waals surface area contributed by atoms with Gasteiger partial charge in [-0.3, -0.25) is 0 Å². The molecule has 2 nitrogen and oxygen atoms in total. The molecular weight excluding hydrogens is 457 g/mol. The third kappa shape index (κ3) is 3.98. The molecule has 140 valence electrons. The maximum Gasteiger partial charge on any atom is 0.214 e. The highest BCUT2D eigenvalue weighted by molar-refractivity contribution is 5.97. The van der Waals surface area contributed by atoms with E-state index in [-0.39, 0.29) is 24.0 Å². The minimum atomic E-state index is 0. The molecule has 0 saturated heterocycles. The second kappa shape index (κ2) is 9.07. The Morgan fingerprint density at radius 2 is 1.36 bits per heavy atom. The van der Waals surface area contributed by atoms with Gasteiger partial charge in [0.1, 0.15) is 12.8 Å². The average Bonchev–Trinajstić information content (AvgIpc) is 2.73. The van der Waals surface area contributed by atoms with Gasteiger partial charge in [-0.15, -0.1) is 0 Å². The van der Waals surface area contributed by atoms with E-state index in [1.54, 1.807) is 0 Å². The zero-order valence-corrected chi connectivity index (χ0v) is 18.2. The van der Waals surface area contributed by atoms with Crippen molar-refractivity contribution in [2.45, 2.75) is 13.3 Å². The van der Waals surface area contributed by atoms with E-state index in [1.807, 2.05) is 24.3 Å². The number of aryl methyl sites for hydroxylation is 1. The van der Waals surface area contributed by atoms with Crippen LogP contribution in [0.25, 0.3) is 21.8 Å². The van der Waals surface area contributed by atoms with E-state index in [1.165, 1.54) is 21.8 Å². The largest absolute Gasteiger partial charge is 1.00 e. The van der Waals surface area contributed by atoms with Crippen molar-refractivity contribution in [1.82, 2.24) is 0 Å². The quantitative estimate of drug-likeness (QED) is 0.190. The number of nitrogens with zero attached hydrogens (tertiary/aromatic N) is 1. The van der Waals surface area contributed by atoms with Crippen LogP contribution in [0.15, 0.2) is 72.8 Å². The fraction of sp³-hybridized carbons (Fsp3) is 0.160. The van der Waals surface area contributed by atoms with Crippen molar-refractivity contribution in [1.29, 1.82) is 0 Å². The molecule has 0 N–H and O–H groups in total. The molecule has 1 heterocycles. The van der Waals surface area contributed by atoms with Crippen LogP contribution in [0.4, 0.5) is 0 Å². The first-order valence-electron chi connectivity index (χ1n) is 9.32. The van der Waals surface area contributed by atoms with E-state index >= 15 is 0 Å². The molecule has 0 atom stereocenters. The Kier molecular flexibility index (Phi) is 6.53. The molecule has 0 amide bonds. The highest BCUT2D eigenvalue weighted by atomic mass is 127. The molecule has 0 saturated carbocycles. The fourth-order valence-electron chi connectivity index (χ4n) is 3.35. The number of pyridine rings is 1. The predicted molar refractivity (Wildman–Crippen MR) is 111 cm³/mol. The van der Waals surface area contributed by atoms with Crippen LogP contribution in [-0.4, -0.2) is 6.61 Å². The van der Waals surface area contributed by atoms with Gasteiger partial charge in [0.05, 0.1) is 22.9 Å². The summed E-state index contributed by atoms with van der Waals surface area (Å²) in [5.41, 5.74) is 4.43. The van der Waals surface area contributed by atoms with Crippen molar-refractivity contribution >= 4 is 21.8 Å². The van der Waals surface area contributed by atoms with E-state index < -0.39 is 0 Å². The SMILES string of the molecule is CCCOc1ccc(C#Cc2c3ccccc3[n+](C)c3ccccc23)cc1.[I-]. The van der Waals surface area contributed by atoms with Crippen LogP contribution >= 0.6 is 0 Å². The Morgan fingerprint density at radius 3 is 1.93 bits per heavy atom. The number of benzene rings is 3. The maximum absolute atomic E-state index is 5.65. The Balaban J connectivity index is 0.00000225. The molecule has 0 aliphatic carbocycles. The van der Waals surface area contributed by atoms with E-state index in [0.717, 1.165) is 29.9 Å². The first-order valence-corrected chi connectivity index (χ1v) is 9.32. The third-order valence-corrected chi connectivity index (χ3v) is 4.73. The first kappa shape index (κ1) is 20.2. The molecular formula is C25H22INO. The lowest BCUT2D eigenvalue weighted by atomic mass is 10.0. The van der Waals surface area contributed by atoms with Gasteiger partial charge in [0.2, 0.25) is 11.0 Å². The van der Waals surface area contributed by atoms with Crippen molar-refractivity contribution in [2.75, 3.05) is 6.61 Å². The molecule has 4 rings (SSSR count). The third-order valence-electron chi connectivity index (χ3n) is 4.73. The number of rotatable bonds is 3. The number of ether oxygens (including phenoxy) is 1. The van der Waals surface area contributed by atoms with Gasteiger partial charge in [-0.1, -0.05) is 43.0 Å². The van der Waals surface area contributed by atoms with Gasteiger partial charge in [-0.25, -0.2) is 0 Å². The Hall–Kier alpha value is -2.58. The normalized spacial score (nSPS) is 10.2. The predicted octanol–water partition coefficient (Wildman–Crippen LogP) is 2.01. The van der Waals surface area contributed by atoms with Gasteiger partial charge in [-0.05, 0) is 42.8 Å². The molecule has 3 heteroatoms. The molecule has 28 heavy (non-hydrogen) atoms. The van der Waals surface area contributed by atoms with Crippen molar-refractivity contribution in [3.8, 4) is 17.6 Å². The van der Waals surface area contributed by atoms with Gasteiger partial charge < -0.3 is 28.7 Å². The van der Waals surface area contributed by atoms with E-state index in [2.05, 4.69) is 78.9 Å². The van der Waals surface area contributed by atoms with Gasteiger partial charge in [-0.2, -0.15) is 4.57 Å². The topological polar surface area (TPSA) is 13.1 Å². The lowest BCUT2D eigenvalue weighted by Gasteiger charge is -2.05. The monoisotopic (exact) mass is 479 g/mol. The Bertz CT molecular complexity index is 1110. The van der Waals surface area contributed by atoms with E-state index in [9.17, 15) is 0 Å². The second-order valence-electron chi connectivity index (χ2n) is 6.59. The molecule has 0 aliphatic heterocycles. The summed E-state index contributed by atoms with van der Waals surface area (Å²) in [6.07, 6.45) is 1.01. The van der Waals surface area contributed by atoms with Crippen LogP contribution in [0.2, 0.25) is 0 Å². The summed E-state index contributed by atoms with van der Waals surface area (Å²) in [4.78, 5) is 0. The summed E-state index contributed by atoms with van der Waals surface area (Å²) < 4.78 is 7.88. The van der Waals surface area contributed by atoms with Crippen LogP contribution in [-0.2, 0) is 7.05 Å². The summed E-state index contributed by atoms with van der Waals surface area (Å²) >= 11 is 0. The van der Waals surface area contributed by atoms with Crippen LogP contribution in [0.1, 0.15) is 24.5 Å². The van der Waals surface area contributed by atoms with Crippen LogP contribution in [0, 0.1) is 11.8 Å². The van der Waals surface area contributed by atoms with Crippen molar-refractivity contribution < 1.29 is 33.3 Å². The Labute approximate surface area is 183 Å².